The van der Waals surface area contributed by atoms with Crippen molar-refractivity contribution in [3.63, 3.8) is 0 Å². The first-order chi connectivity index (χ1) is 12.6. The number of methoxy groups -OCH3 is 1. The average Bonchev–Trinajstić information content (AvgIpc) is 2.69. The Labute approximate surface area is 156 Å². The highest BCUT2D eigenvalue weighted by Crippen LogP contribution is 2.24. The Morgan fingerprint density at radius 3 is 2.62 bits per heavy atom. The van der Waals surface area contributed by atoms with E-state index in [1.165, 1.54) is 19.3 Å². The molecule has 0 aromatic heterocycles. The number of rotatable bonds is 5. The average molecular weight is 352 g/mol. The third-order valence-electron chi connectivity index (χ3n) is 5.29. The molecule has 0 saturated carbocycles. The molecule has 26 heavy (non-hydrogen) atoms. The molecule has 4 nitrogen and oxygen atoms in total. The molecule has 0 aliphatic carbocycles. The Bertz CT molecular complexity index is 742. The van der Waals surface area contributed by atoms with Crippen LogP contribution in [0.3, 0.4) is 0 Å². The van der Waals surface area contributed by atoms with E-state index in [1.54, 1.807) is 7.11 Å². The fraction of sp³-hybridized carbons (Fsp3) is 0.409. The zero-order valence-electron chi connectivity index (χ0n) is 15.9. The number of nitrogens with zero attached hydrogens (tertiary/aromatic N) is 2. The highest BCUT2D eigenvalue weighted by Gasteiger charge is 2.22. The van der Waals surface area contributed by atoms with Gasteiger partial charge < -0.3 is 14.5 Å². The highest BCUT2D eigenvalue weighted by molar-refractivity contribution is 5.94. The van der Waals surface area contributed by atoms with E-state index < -0.39 is 0 Å². The quantitative estimate of drug-likeness (QED) is 0.818. The first kappa shape index (κ1) is 18.5. The van der Waals surface area contributed by atoms with E-state index in [1.807, 2.05) is 60.5 Å². The van der Waals surface area contributed by atoms with Crippen molar-refractivity contribution < 1.29 is 9.53 Å². The number of likely N-dealkylation sites (N-methyl/N-ethyl adjacent to an activating group) is 2. The fourth-order valence-corrected chi connectivity index (χ4v) is 3.60. The van der Waals surface area contributed by atoms with Gasteiger partial charge in [-0.2, -0.15) is 0 Å². The molecule has 0 spiro atoms. The van der Waals surface area contributed by atoms with Gasteiger partial charge in [0.2, 0.25) is 0 Å². The lowest BCUT2D eigenvalue weighted by molar-refractivity contribution is 0.0717. The smallest absolute Gasteiger partial charge is 0.253 e. The Kier molecular flexibility index (Phi) is 5.94. The zero-order valence-corrected chi connectivity index (χ0v) is 15.9. The second-order valence-corrected chi connectivity index (χ2v) is 7.13. The fourth-order valence-electron chi connectivity index (χ4n) is 3.60. The van der Waals surface area contributed by atoms with Crippen LogP contribution in [0.1, 0.15) is 29.6 Å². The molecule has 138 valence electrons. The minimum Gasteiger partial charge on any atom is -0.497 e. The molecular weight excluding hydrogens is 324 g/mol. The van der Waals surface area contributed by atoms with Crippen LogP contribution in [0.4, 0.5) is 0 Å². The SMILES string of the molecule is COc1cccc(-c2ccc(C(=O)N(C)C[C@H]3CCCCN3C)cc2)c1. The summed E-state index contributed by atoms with van der Waals surface area (Å²) in [6, 6.07) is 16.3. The van der Waals surface area contributed by atoms with Crippen LogP contribution in [0.5, 0.6) is 5.75 Å². The molecule has 3 rings (SSSR count). The summed E-state index contributed by atoms with van der Waals surface area (Å²) < 4.78 is 5.29. The second kappa shape index (κ2) is 8.37. The number of piperidine rings is 1. The lowest BCUT2D eigenvalue weighted by atomic mass is 10.0. The van der Waals surface area contributed by atoms with Crippen LogP contribution in [-0.2, 0) is 0 Å². The van der Waals surface area contributed by atoms with Crippen molar-refractivity contribution in [2.24, 2.45) is 0 Å². The molecule has 1 amide bonds. The summed E-state index contributed by atoms with van der Waals surface area (Å²) in [7, 11) is 5.73. The van der Waals surface area contributed by atoms with Crippen LogP contribution in [0.25, 0.3) is 11.1 Å². The maximum Gasteiger partial charge on any atom is 0.253 e. The van der Waals surface area contributed by atoms with Crippen LogP contribution < -0.4 is 4.74 Å². The topological polar surface area (TPSA) is 32.8 Å². The Morgan fingerprint density at radius 2 is 1.92 bits per heavy atom. The summed E-state index contributed by atoms with van der Waals surface area (Å²) >= 11 is 0. The lowest BCUT2D eigenvalue weighted by Gasteiger charge is -2.35. The van der Waals surface area contributed by atoms with Crippen molar-refractivity contribution in [3.05, 3.63) is 54.1 Å². The van der Waals surface area contributed by atoms with Gasteiger partial charge in [0.1, 0.15) is 5.75 Å². The molecule has 4 heteroatoms. The predicted molar refractivity (Wildman–Crippen MR) is 106 cm³/mol. The van der Waals surface area contributed by atoms with Crippen LogP contribution >= 0.6 is 0 Å². The molecule has 1 aliphatic rings. The number of hydrogen-bond donors (Lipinski definition) is 0. The van der Waals surface area contributed by atoms with Crippen molar-refractivity contribution in [2.45, 2.75) is 25.3 Å². The minimum atomic E-state index is 0.0844. The number of carbonyl (C=O) groups is 1. The first-order valence-electron chi connectivity index (χ1n) is 9.28. The third kappa shape index (κ3) is 4.25. The van der Waals surface area contributed by atoms with E-state index >= 15 is 0 Å². The van der Waals surface area contributed by atoms with E-state index in [2.05, 4.69) is 11.9 Å². The maximum atomic E-state index is 12.8. The number of amides is 1. The summed E-state index contributed by atoms with van der Waals surface area (Å²) in [6.45, 7) is 1.91. The van der Waals surface area contributed by atoms with Crippen LogP contribution in [-0.4, -0.2) is 56.0 Å². The predicted octanol–water partition coefficient (Wildman–Crippen LogP) is 3.92. The molecule has 0 bridgehead atoms. The lowest BCUT2D eigenvalue weighted by Crippen LogP contribution is -2.45. The maximum absolute atomic E-state index is 12.8. The molecule has 1 fully saturated rings. The molecule has 2 aromatic carbocycles. The van der Waals surface area contributed by atoms with Gasteiger partial charge >= 0.3 is 0 Å². The minimum absolute atomic E-state index is 0.0844. The van der Waals surface area contributed by atoms with Gasteiger partial charge in [0.05, 0.1) is 7.11 Å². The Hall–Kier alpha value is -2.33. The number of likely N-dealkylation sites (tertiary alicyclic amines) is 1. The summed E-state index contributed by atoms with van der Waals surface area (Å²) in [5, 5.41) is 0. The summed E-state index contributed by atoms with van der Waals surface area (Å²) in [5.74, 6) is 0.917. The summed E-state index contributed by atoms with van der Waals surface area (Å²) in [6.07, 6.45) is 3.69. The van der Waals surface area contributed by atoms with Crippen molar-refractivity contribution in [3.8, 4) is 16.9 Å². The first-order valence-corrected chi connectivity index (χ1v) is 9.28. The molecule has 1 atom stereocenters. The van der Waals surface area contributed by atoms with Gasteiger partial charge in [0.25, 0.3) is 5.91 Å². The number of ether oxygens (including phenoxy) is 1. The molecule has 0 unspecified atom stereocenters. The highest BCUT2D eigenvalue weighted by atomic mass is 16.5. The molecule has 2 aromatic rings. The van der Waals surface area contributed by atoms with Crippen LogP contribution in [0.15, 0.2) is 48.5 Å². The number of hydrogen-bond acceptors (Lipinski definition) is 3. The molecule has 1 heterocycles. The van der Waals surface area contributed by atoms with Gasteiger partial charge in [-0.25, -0.2) is 0 Å². The molecule has 1 aliphatic heterocycles. The zero-order chi connectivity index (χ0) is 18.5. The molecule has 1 saturated heterocycles. The van der Waals surface area contributed by atoms with Crippen molar-refractivity contribution in [1.29, 1.82) is 0 Å². The molecule has 0 radical (unpaired) electrons. The second-order valence-electron chi connectivity index (χ2n) is 7.13. The largest absolute Gasteiger partial charge is 0.497 e. The van der Waals surface area contributed by atoms with Gasteiger partial charge in [-0.3, -0.25) is 4.79 Å². The van der Waals surface area contributed by atoms with Crippen molar-refractivity contribution >= 4 is 5.91 Å². The van der Waals surface area contributed by atoms with E-state index in [0.29, 0.717) is 6.04 Å². The molecule has 0 N–H and O–H groups in total. The van der Waals surface area contributed by atoms with Gasteiger partial charge in [-0.15, -0.1) is 0 Å². The van der Waals surface area contributed by atoms with Crippen molar-refractivity contribution in [2.75, 3.05) is 34.3 Å². The summed E-state index contributed by atoms with van der Waals surface area (Å²) in [5.41, 5.74) is 2.90. The van der Waals surface area contributed by atoms with Crippen LogP contribution in [0, 0.1) is 0 Å². The monoisotopic (exact) mass is 352 g/mol. The molecular formula is C22H28N2O2. The van der Waals surface area contributed by atoms with E-state index in [0.717, 1.165) is 35.5 Å². The normalized spacial score (nSPS) is 17.7. The Balaban J connectivity index is 1.68. The summed E-state index contributed by atoms with van der Waals surface area (Å²) in [4.78, 5) is 17.0. The van der Waals surface area contributed by atoms with Gasteiger partial charge in [-0.05, 0) is 61.8 Å². The van der Waals surface area contributed by atoms with E-state index in [9.17, 15) is 4.79 Å². The van der Waals surface area contributed by atoms with E-state index in [-0.39, 0.29) is 5.91 Å². The Morgan fingerprint density at radius 1 is 1.15 bits per heavy atom. The van der Waals surface area contributed by atoms with Gasteiger partial charge in [0, 0.05) is 25.2 Å². The number of carbonyl (C=O) groups excluding carboxylic acids is 1. The number of benzene rings is 2. The van der Waals surface area contributed by atoms with Gasteiger partial charge in [0.15, 0.2) is 0 Å². The third-order valence-corrected chi connectivity index (χ3v) is 5.29. The standard InChI is InChI=1S/C22H28N2O2/c1-23-14-5-4-8-20(23)16-24(2)22(25)18-12-10-17(11-13-18)19-7-6-9-21(15-19)26-3/h6-7,9-13,15,20H,4-5,8,14,16H2,1-3H3/t20-/m1/s1. The van der Waals surface area contributed by atoms with Crippen molar-refractivity contribution in [1.82, 2.24) is 9.80 Å². The van der Waals surface area contributed by atoms with E-state index in [4.69, 9.17) is 4.74 Å². The van der Waals surface area contributed by atoms with Gasteiger partial charge in [-0.1, -0.05) is 30.7 Å². The van der Waals surface area contributed by atoms with Crippen LogP contribution in [0.2, 0.25) is 0 Å².